The smallest absolute Gasteiger partial charge is 0.337 e. The van der Waals surface area contributed by atoms with Crippen LogP contribution in [0.2, 0.25) is 0 Å². The standard InChI is InChI=1S/C19H19NO5/c1-4-25-17-9-8-13(12(2)21)11-16(17)18(22)20-15-7-5-6-14(10-15)19(23)24-3/h5-11H,4H2,1-3H3,(H,20,22). The summed E-state index contributed by atoms with van der Waals surface area (Å²) in [5.41, 5.74) is 1.42. The number of carbonyl (C=O) groups excluding carboxylic acids is 3. The van der Waals surface area contributed by atoms with E-state index in [0.29, 0.717) is 29.2 Å². The van der Waals surface area contributed by atoms with E-state index in [0.717, 1.165) is 0 Å². The number of anilines is 1. The molecule has 1 amide bonds. The van der Waals surface area contributed by atoms with Crippen molar-refractivity contribution in [2.24, 2.45) is 0 Å². The zero-order valence-electron chi connectivity index (χ0n) is 14.3. The summed E-state index contributed by atoms with van der Waals surface area (Å²) < 4.78 is 10.1. The van der Waals surface area contributed by atoms with Crippen molar-refractivity contribution in [2.45, 2.75) is 13.8 Å². The van der Waals surface area contributed by atoms with Gasteiger partial charge in [-0.15, -0.1) is 0 Å². The lowest BCUT2D eigenvalue weighted by Gasteiger charge is -2.12. The van der Waals surface area contributed by atoms with E-state index < -0.39 is 11.9 Å². The van der Waals surface area contributed by atoms with E-state index in [2.05, 4.69) is 10.1 Å². The quantitative estimate of drug-likeness (QED) is 0.644. The first-order chi connectivity index (χ1) is 12.0. The number of rotatable bonds is 6. The van der Waals surface area contributed by atoms with Crippen LogP contribution in [0.5, 0.6) is 5.75 Å². The van der Waals surface area contributed by atoms with Gasteiger partial charge in [-0.2, -0.15) is 0 Å². The molecule has 0 aromatic heterocycles. The normalized spacial score (nSPS) is 10.0. The molecular weight excluding hydrogens is 322 g/mol. The van der Waals surface area contributed by atoms with Gasteiger partial charge in [0.25, 0.3) is 5.91 Å². The summed E-state index contributed by atoms with van der Waals surface area (Å²) in [7, 11) is 1.29. The number of nitrogens with one attached hydrogen (secondary N) is 1. The van der Waals surface area contributed by atoms with Crippen molar-refractivity contribution in [2.75, 3.05) is 19.0 Å². The Kier molecular flexibility index (Phi) is 5.89. The molecule has 25 heavy (non-hydrogen) atoms. The Hall–Kier alpha value is -3.15. The molecule has 0 saturated carbocycles. The third kappa shape index (κ3) is 4.44. The highest BCUT2D eigenvalue weighted by Gasteiger charge is 2.16. The lowest BCUT2D eigenvalue weighted by atomic mass is 10.1. The summed E-state index contributed by atoms with van der Waals surface area (Å²) in [6.07, 6.45) is 0. The molecule has 0 radical (unpaired) electrons. The summed E-state index contributed by atoms with van der Waals surface area (Å²) in [4.78, 5) is 35.8. The fourth-order valence-corrected chi connectivity index (χ4v) is 2.25. The highest BCUT2D eigenvalue weighted by Crippen LogP contribution is 2.22. The molecule has 0 aliphatic carbocycles. The Morgan fingerprint density at radius 1 is 1.04 bits per heavy atom. The summed E-state index contributed by atoms with van der Waals surface area (Å²) in [5, 5.41) is 2.70. The van der Waals surface area contributed by atoms with Crippen molar-refractivity contribution in [3.8, 4) is 5.75 Å². The number of amides is 1. The number of hydrogen-bond acceptors (Lipinski definition) is 5. The number of benzene rings is 2. The Morgan fingerprint density at radius 3 is 2.44 bits per heavy atom. The molecule has 2 rings (SSSR count). The monoisotopic (exact) mass is 341 g/mol. The molecule has 0 atom stereocenters. The maximum atomic E-state index is 12.6. The average Bonchev–Trinajstić information content (AvgIpc) is 2.61. The lowest BCUT2D eigenvalue weighted by Crippen LogP contribution is -2.15. The molecule has 2 aromatic carbocycles. The SMILES string of the molecule is CCOc1ccc(C(C)=O)cc1C(=O)Nc1cccc(C(=O)OC)c1. The van der Waals surface area contributed by atoms with Crippen LogP contribution in [-0.4, -0.2) is 31.4 Å². The van der Waals surface area contributed by atoms with E-state index >= 15 is 0 Å². The predicted octanol–water partition coefficient (Wildman–Crippen LogP) is 3.33. The van der Waals surface area contributed by atoms with Crippen LogP contribution in [0.15, 0.2) is 42.5 Å². The van der Waals surface area contributed by atoms with Crippen molar-refractivity contribution in [3.63, 3.8) is 0 Å². The first-order valence-corrected chi connectivity index (χ1v) is 7.73. The van der Waals surface area contributed by atoms with Gasteiger partial charge in [0.05, 0.1) is 24.8 Å². The fourth-order valence-electron chi connectivity index (χ4n) is 2.25. The molecule has 0 fully saturated rings. The van der Waals surface area contributed by atoms with E-state index in [9.17, 15) is 14.4 Å². The summed E-state index contributed by atoms with van der Waals surface area (Å²) in [6, 6.07) is 11.1. The molecule has 2 aromatic rings. The second-order valence-electron chi connectivity index (χ2n) is 5.23. The van der Waals surface area contributed by atoms with Crippen LogP contribution in [0.25, 0.3) is 0 Å². The molecule has 0 unspecified atom stereocenters. The first kappa shape index (κ1) is 18.2. The summed E-state index contributed by atoms with van der Waals surface area (Å²) in [6.45, 7) is 3.62. The van der Waals surface area contributed by atoms with Crippen LogP contribution in [0.3, 0.4) is 0 Å². The zero-order chi connectivity index (χ0) is 18.4. The fraction of sp³-hybridized carbons (Fsp3) is 0.211. The van der Waals surface area contributed by atoms with Gasteiger partial charge in [0.1, 0.15) is 5.75 Å². The second kappa shape index (κ2) is 8.10. The van der Waals surface area contributed by atoms with Crippen LogP contribution < -0.4 is 10.1 Å². The third-order valence-corrected chi connectivity index (χ3v) is 3.47. The number of methoxy groups -OCH3 is 1. The molecule has 6 heteroatoms. The molecule has 0 spiro atoms. The molecule has 0 aliphatic rings. The van der Waals surface area contributed by atoms with Crippen molar-refractivity contribution in [3.05, 3.63) is 59.2 Å². The Bertz CT molecular complexity index is 813. The van der Waals surface area contributed by atoms with E-state index in [1.165, 1.54) is 26.2 Å². The molecular formula is C19H19NO5. The van der Waals surface area contributed by atoms with Crippen LogP contribution in [0, 0.1) is 0 Å². The number of hydrogen-bond donors (Lipinski definition) is 1. The molecule has 0 bridgehead atoms. The highest BCUT2D eigenvalue weighted by molar-refractivity contribution is 6.08. The number of ketones is 1. The van der Waals surface area contributed by atoms with Gasteiger partial charge in [0, 0.05) is 11.3 Å². The van der Waals surface area contributed by atoms with Crippen LogP contribution in [-0.2, 0) is 4.74 Å². The van der Waals surface area contributed by atoms with Crippen molar-refractivity contribution in [1.82, 2.24) is 0 Å². The second-order valence-corrected chi connectivity index (χ2v) is 5.23. The van der Waals surface area contributed by atoms with Gasteiger partial charge in [-0.25, -0.2) is 4.79 Å². The van der Waals surface area contributed by atoms with Gasteiger partial charge in [0.2, 0.25) is 0 Å². The molecule has 0 heterocycles. The Morgan fingerprint density at radius 2 is 1.80 bits per heavy atom. The predicted molar refractivity (Wildman–Crippen MR) is 93.4 cm³/mol. The number of Topliss-reactive ketones (excluding diaryl/α,β-unsaturated/α-hetero) is 1. The lowest BCUT2D eigenvalue weighted by molar-refractivity contribution is 0.0600. The first-order valence-electron chi connectivity index (χ1n) is 7.73. The van der Waals surface area contributed by atoms with Crippen molar-refractivity contribution < 1.29 is 23.9 Å². The van der Waals surface area contributed by atoms with Gasteiger partial charge >= 0.3 is 5.97 Å². The average molecular weight is 341 g/mol. The minimum absolute atomic E-state index is 0.148. The van der Waals surface area contributed by atoms with E-state index in [1.54, 1.807) is 37.3 Å². The third-order valence-electron chi connectivity index (χ3n) is 3.47. The van der Waals surface area contributed by atoms with Crippen LogP contribution >= 0.6 is 0 Å². The minimum atomic E-state index is -0.496. The molecule has 0 saturated heterocycles. The minimum Gasteiger partial charge on any atom is -0.493 e. The van der Waals surface area contributed by atoms with Gasteiger partial charge in [-0.1, -0.05) is 6.07 Å². The molecule has 0 aliphatic heterocycles. The van der Waals surface area contributed by atoms with Crippen molar-refractivity contribution >= 4 is 23.3 Å². The summed E-state index contributed by atoms with van der Waals surface area (Å²) >= 11 is 0. The van der Waals surface area contributed by atoms with Crippen LogP contribution in [0.1, 0.15) is 44.9 Å². The van der Waals surface area contributed by atoms with E-state index in [-0.39, 0.29) is 11.3 Å². The van der Waals surface area contributed by atoms with Gasteiger partial charge in [-0.05, 0) is 50.2 Å². The Balaban J connectivity index is 2.32. The Labute approximate surface area is 145 Å². The maximum Gasteiger partial charge on any atom is 0.337 e. The number of carbonyl (C=O) groups is 3. The van der Waals surface area contributed by atoms with Gasteiger partial charge in [-0.3, -0.25) is 9.59 Å². The number of ether oxygens (including phenoxy) is 2. The van der Waals surface area contributed by atoms with Gasteiger partial charge in [0.15, 0.2) is 5.78 Å². The number of esters is 1. The molecule has 6 nitrogen and oxygen atoms in total. The van der Waals surface area contributed by atoms with E-state index in [1.807, 2.05) is 0 Å². The molecule has 130 valence electrons. The summed E-state index contributed by atoms with van der Waals surface area (Å²) in [5.74, 6) is -0.697. The van der Waals surface area contributed by atoms with E-state index in [4.69, 9.17) is 4.74 Å². The van der Waals surface area contributed by atoms with Gasteiger partial charge < -0.3 is 14.8 Å². The highest BCUT2D eigenvalue weighted by atomic mass is 16.5. The van der Waals surface area contributed by atoms with Crippen LogP contribution in [0.4, 0.5) is 5.69 Å². The van der Waals surface area contributed by atoms with Crippen molar-refractivity contribution in [1.29, 1.82) is 0 Å². The largest absolute Gasteiger partial charge is 0.493 e. The topological polar surface area (TPSA) is 81.7 Å². The zero-order valence-corrected chi connectivity index (χ0v) is 14.3. The molecule has 1 N–H and O–H groups in total. The maximum absolute atomic E-state index is 12.6.